The largest absolute Gasteiger partial charge is 0.273 e. The minimum absolute atomic E-state index is 0.242. The van der Waals surface area contributed by atoms with Gasteiger partial charge in [0.1, 0.15) is 0 Å². The van der Waals surface area contributed by atoms with Gasteiger partial charge in [0.15, 0.2) is 0 Å². The van der Waals surface area contributed by atoms with Gasteiger partial charge in [-0.25, -0.2) is 5.43 Å². The quantitative estimate of drug-likeness (QED) is 0.856. The van der Waals surface area contributed by atoms with E-state index in [1.807, 2.05) is 30.3 Å². The number of hydrogen-bond acceptors (Lipinski definition) is 5. The molecule has 82 valence electrons. The summed E-state index contributed by atoms with van der Waals surface area (Å²) in [6.07, 6.45) is 0. The maximum Gasteiger partial charge on any atom is 0.238 e. The molecule has 0 saturated heterocycles. The van der Waals surface area contributed by atoms with E-state index in [1.54, 1.807) is 0 Å². The summed E-state index contributed by atoms with van der Waals surface area (Å²) in [6, 6.07) is 9.69. The molecule has 1 heterocycles. The van der Waals surface area contributed by atoms with Crippen molar-refractivity contribution in [3.8, 4) is 0 Å². The third-order valence-corrected chi connectivity index (χ3v) is 2.46. The number of amides is 1. The standard InChI is InChI=1S/C9H9N5OS/c1-7(15)11-14-12-9(10-13-14)16-8-5-3-2-4-6-8/h2-6H,1H3,(H,11,15). The Morgan fingerprint density at radius 3 is 2.81 bits per heavy atom. The van der Waals surface area contributed by atoms with Crippen LogP contribution in [-0.4, -0.2) is 26.2 Å². The number of tetrazole rings is 1. The van der Waals surface area contributed by atoms with Crippen LogP contribution in [0.1, 0.15) is 6.92 Å². The fourth-order valence-corrected chi connectivity index (χ4v) is 1.72. The molecule has 6 nitrogen and oxygen atoms in total. The van der Waals surface area contributed by atoms with E-state index in [-0.39, 0.29) is 5.91 Å². The molecular weight excluding hydrogens is 226 g/mol. The molecule has 7 heteroatoms. The van der Waals surface area contributed by atoms with Crippen LogP contribution in [-0.2, 0) is 4.79 Å². The van der Waals surface area contributed by atoms with Crippen LogP contribution in [0.5, 0.6) is 0 Å². The Hall–Kier alpha value is -1.89. The maximum atomic E-state index is 10.7. The molecule has 16 heavy (non-hydrogen) atoms. The molecule has 0 spiro atoms. The number of benzene rings is 1. The smallest absolute Gasteiger partial charge is 0.238 e. The van der Waals surface area contributed by atoms with Crippen LogP contribution >= 0.6 is 11.8 Å². The van der Waals surface area contributed by atoms with Crippen LogP contribution < -0.4 is 5.43 Å². The number of aromatic nitrogens is 4. The molecule has 1 aromatic carbocycles. The summed E-state index contributed by atoms with van der Waals surface area (Å²) in [5, 5.41) is 11.9. The van der Waals surface area contributed by atoms with Gasteiger partial charge in [-0.2, -0.15) is 0 Å². The molecule has 0 saturated carbocycles. The maximum absolute atomic E-state index is 10.7. The predicted octanol–water partition coefficient (Wildman–Crippen LogP) is 0.914. The second-order valence-corrected chi connectivity index (χ2v) is 3.99. The summed E-state index contributed by atoms with van der Waals surface area (Å²) >= 11 is 1.38. The third-order valence-electron chi connectivity index (χ3n) is 1.61. The average molecular weight is 235 g/mol. The minimum atomic E-state index is -0.242. The van der Waals surface area contributed by atoms with Crippen molar-refractivity contribution in [3.63, 3.8) is 0 Å². The zero-order valence-corrected chi connectivity index (χ0v) is 9.31. The van der Waals surface area contributed by atoms with Gasteiger partial charge in [-0.3, -0.25) is 4.79 Å². The van der Waals surface area contributed by atoms with Crippen LogP contribution in [0.2, 0.25) is 0 Å². The van der Waals surface area contributed by atoms with Gasteiger partial charge in [0.25, 0.3) is 0 Å². The number of hydrogen-bond donors (Lipinski definition) is 1. The molecule has 0 radical (unpaired) electrons. The van der Waals surface area contributed by atoms with E-state index in [4.69, 9.17) is 0 Å². The Morgan fingerprint density at radius 2 is 2.12 bits per heavy atom. The molecule has 1 N–H and O–H groups in total. The number of carbonyl (C=O) groups excluding carboxylic acids is 1. The first-order valence-corrected chi connectivity index (χ1v) is 5.36. The van der Waals surface area contributed by atoms with E-state index in [0.717, 1.165) is 9.80 Å². The molecule has 0 aliphatic heterocycles. The Bertz CT molecular complexity index is 484. The van der Waals surface area contributed by atoms with E-state index in [0.29, 0.717) is 5.16 Å². The van der Waals surface area contributed by atoms with Crippen LogP contribution in [0.15, 0.2) is 40.4 Å². The first-order chi connectivity index (χ1) is 7.74. The van der Waals surface area contributed by atoms with Crippen molar-refractivity contribution in [2.75, 3.05) is 5.43 Å². The highest BCUT2D eigenvalue weighted by Crippen LogP contribution is 2.22. The van der Waals surface area contributed by atoms with E-state index < -0.39 is 0 Å². The van der Waals surface area contributed by atoms with Gasteiger partial charge >= 0.3 is 0 Å². The van der Waals surface area contributed by atoms with Crippen molar-refractivity contribution in [3.05, 3.63) is 30.3 Å². The van der Waals surface area contributed by atoms with Crippen molar-refractivity contribution in [2.45, 2.75) is 17.0 Å². The van der Waals surface area contributed by atoms with Gasteiger partial charge in [-0.15, -0.1) is 5.10 Å². The highest BCUT2D eigenvalue weighted by molar-refractivity contribution is 7.99. The molecule has 0 atom stereocenters. The first kappa shape index (κ1) is 10.6. The van der Waals surface area contributed by atoms with Crippen LogP contribution in [0.3, 0.4) is 0 Å². The molecule has 0 bridgehead atoms. The lowest BCUT2D eigenvalue weighted by Gasteiger charge is -1.95. The predicted molar refractivity (Wildman–Crippen MR) is 58.4 cm³/mol. The molecule has 0 unspecified atom stereocenters. The van der Waals surface area contributed by atoms with E-state index in [9.17, 15) is 4.79 Å². The van der Waals surface area contributed by atoms with Gasteiger partial charge in [-0.1, -0.05) is 28.2 Å². The van der Waals surface area contributed by atoms with Gasteiger partial charge in [0.05, 0.1) is 0 Å². The van der Waals surface area contributed by atoms with Crippen molar-refractivity contribution in [1.29, 1.82) is 0 Å². The van der Waals surface area contributed by atoms with Crippen LogP contribution in [0, 0.1) is 0 Å². The topological polar surface area (TPSA) is 72.7 Å². The Morgan fingerprint density at radius 1 is 1.38 bits per heavy atom. The summed E-state index contributed by atoms with van der Waals surface area (Å²) in [7, 11) is 0. The van der Waals surface area contributed by atoms with Crippen molar-refractivity contribution >= 4 is 17.7 Å². The van der Waals surface area contributed by atoms with Crippen molar-refractivity contribution < 1.29 is 4.79 Å². The number of rotatable bonds is 3. The highest BCUT2D eigenvalue weighted by atomic mass is 32.2. The van der Waals surface area contributed by atoms with Gasteiger partial charge in [0.2, 0.25) is 11.1 Å². The fraction of sp³-hybridized carbons (Fsp3) is 0.111. The number of nitrogens with zero attached hydrogens (tertiary/aromatic N) is 4. The molecule has 0 fully saturated rings. The Labute approximate surface area is 96.0 Å². The lowest BCUT2D eigenvalue weighted by atomic mass is 10.4. The summed E-state index contributed by atoms with van der Waals surface area (Å²) in [6.45, 7) is 1.38. The summed E-state index contributed by atoms with van der Waals surface area (Å²) in [5.74, 6) is -0.242. The summed E-state index contributed by atoms with van der Waals surface area (Å²) < 4.78 is 0. The van der Waals surface area contributed by atoms with E-state index >= 15 is 0 Å². The normalized spacial score (nSPS) is 10.1. The SMILES string of the molecule is CC(=O)Nn1nnc(Sc2ccccc2)n1. The first-order valence-electron chi connectivity index (χ1n) is 4.54. The van der Waals surface area contributed by atoms with Crippen molar-refractivity contribution in [2.24, 2.45) is 0 Å². The summed E-state index contributed by atoms with van der Waals surface area (Å²) in [5.41, 5.74) is 2.39. The molecule has 2 rings (SSSR count). The van der Waals surface area contributed by atoms with Crippen molar-refractivity contribution in [1.82, 2.24) is 20.3 Å². The average Bonchev–Trinajstić information content (AvgIpc) is 2.66. The molecule has 0 aliphatic carbocycles. The zero-order chi connectivity index (χ0) is 11.4. The second-order valence-electron chi connectivity index (χ2n) is 2.94. The highest BCUT2D eigenvalue weighted by Gasteiger charge is 2.04. The van der Waals surface area contributed by atoms with Crippen LogP contribution in [0.25, 0.3) is 0 Å². The zero-order valence-electron chi connectivity index (χ0n) is 8.49. The molecule has 2 aromatic rings. The minimum Gasteiger partial charge on any atom is -0.273 e. The third kappa shape index (κ3) is 2.80. The lowest BCUT2D eigenvalue weighted by molar-refractivity contribution is -0.115. The van der Waals surface area contributed by atoms with Gasteiger partial charge < -0.3 is 0 Å². The Balaban J connectivity index is 2.06. The molecule has 1 aromatic heterocycles. The van der Waals surface area contributed by atoms with E-state index in [2.05, 4.69) is 20.8 Å². The number of nitrogens with one attached hydrogen (secondary N) is 1. The number of carbonyl (C=O) groups is 1. The molecular formula is C9H9N5OS. The van der Waals surface area contributed by atoms with Crippen LogP contribution in [0.4, 0.5) is 0 Å². The fourth-order valence-electron chi connectivity index (χ4n) is 1.02. The summed E-state index contributed by atoms with van der Waals surface area (Å²) in [4.78, 5) is 12.8. The lowest BCUT2D eigenvalue weighted by Crippen LogP contribution is -2.22. The second kappa shape index (κ2) is 4.75. The molecule has 0 aliphatic rings. The van der Waals surface area contributed by atoms with Gasteiger partial charge in [-0.05, 0) is 29.1 Å². The molecule has 1 amide bonds. The Kier molecular flexibility index (Phi) is 3.16. The van der Waals surface area contributed by atoms with Gasteiger partial charge in [0, 0.05) is 11.8 Å². The van der Waals surface area contributed by atoms with E-state index in [1.165, 1.54) is 18.7 Å². The monoisotopic (exact) mass is 235 g/mol.